The second kappa shape index (κ2) is 9.95. The van der Waals surface area contributed by atoms with Gasteiger partial charge in [-0.05, 0) is 30.5 Å². The third kappa shape index (κ3) is 5.10. The van der Waals surface area contributed by atoms with E-state index in [4.69, 9.17) is 9.47 Å². The molecule has 9 heteroatoms. The van der Waals surface area contributed by atoms with Crippen molar-refractivity contribution >= 4 is 23.5 Å². The molecule has 1 unspecified atom stereocenters. The topological polar surface area (TPSA) is 97.0 Å². The van der Waals surface area contributed by atoms with E-state index in [9.17, 15) is 18.8 Å². The van der Waals surface area contributed by atoms with Gasteiger partial charge in [0.2, 0.25) is 5.91 Å². The Bertz CT molecular complexity index is 865. The second-order valence-corrected chi connectivity index (χ2v) is 8.81. The largest absolute Gasteiger partial charge is 0.455 e. The summed E-state index contributed by atoms with van der Waals surface area (Å²) in [6, 6.07) is 3.87. The van der Waals surface area contributed by atoms with Crippen molar-refractivity contribution in [3.05, 3.63) is 29.6 Å². The maximum absolute atomic E-state index is 13.5. The standard InChI is InChI=1S/C23H30FN3O5/c24-16-4-5-17-18(13-20(28)26-19(17)12-16)22(30)32-14-21(29)25-15-23(6-2-1-3-7-23)27-8-10-31-11-9-27/h4-5,12,18H,1-3,6-11,13-15H2,(H,25,29)(H,26,28). The molecule has 0 aromatic heterocycles. The number of nitrogens with one attached hydrogen (secondary N) is 2. The van der Waals surface area contributed by atoms with Gasteiger partial charge in [0, 0.05) is 37.3 Å². The molecule has 0 bridgehead atoms. The van der Waals surface area contributed by atoms with E-state index in [2.05, 4.69) is 15.5 Å². The van der Waals surface area contributed by atoms with Gasteiger partial charge in [-0.1, -0.05) is 25.3 Å². The Kier molecular flexibility index (Phi) is 7.05. The number of ether oxygens (including phenoxy) is 2. The van der Waals surface area contributed by atoms with E-state index in [1.807, 2.05) is 0 Å². The number of rotatable bonds is 6. The molecule has 1 atom stereocenters. The maximum atomic E-state index is 13.5. The van der Waals surface area contributed by atoms with E-state index < -0.39 is 24.3 Å². The molecule has 2 amide bonds. The number of amides is 2. The molecule has 4 rings (SSSR count). The summed E-state index contributed by atoms with van der Waals surface area (Å²) in [6.45, 7) is 3.22. The van der Waals surface area contributed by atoms with E-state index in [0.717, 1.165) is 38.8 Å². The van der Waals surface area contributed by atoms with Crippen molar-refractivity contribution in [1.82, 2.24) is 10.2 Å². The third-order valence-corrected chi connectivity index (χ3v) is 6.77. The summed E-state index contributed by atoms with van der Waals surface area (Å²) in [5.41, 5.74) is 0.675. The fourth-order valence-electron chi connectivity index (χ4n) is 5.05. The molecule has 32 heavy (non-hydrogen) atoms. The van der Waals surface area contributed by atoms with Crippen LogP contribution in [-0.4, -0.2) is 67.7 Å². The Balaban J connectivity index is 1.32. The Morgan fingerprint density at radius 2 is 1.97 bits per heavy atom. The zero-order valence-corrected chi connectivity index (χ0v) is 18.2. The number of fused-ring (bicyclic) bond motifs is 1. The molecule has 8 nitrogen and oxygen atoms in total. The Labute approximate surface area is 186 Å². The smallest absolute Gasteiger partial charge is 0.314 e. The lowest BCUT2D eigenvalue weighted by molar-refractivity contribution is -0.151. The highest BCUT2D eigenvalue weighted by molar-refractivity contribution is 6.00. The van der Waals surface area contributed by atoms with Gasteiger partial charge < -0.3 is 20.1 Å². The van der Waals surface area contributed by atoms with Crippen molar-refractivity contribution in [2.24, 2.45) is 0 Å². The number of halogens is 1. The Hall–Kier alpha value is -2.52. The van der Waals surface area contributed by atoms with E-state index >= 15 is 0 Å². The number of esters is 1. The van der Waals surface area contributed by atoms with Gasteiger partial charge in [-0.3, -0.25) is 19.3 Å². The lowest BCUT2D eigenvalue weighted by atomic mass is 9.79. The van der Waals surface area contributed by atoms with Gasteiger partial charge in [0.05, 0.1) is 19.1 Å². The summed E-state index contributed by atoms with van der Waals surface area (Å²) in [5.74, 6) is -2.78. The summed E-state index contributed by atoms with van der Waals surface area (Å²) in [5, 5.41) is 5.52. The predicted octanol–water partition coefficient (Wildman–Crippen LogP) is 1.95. The van der Waals surface area contributed by atoms with Crippen LogP contribution in [0.2, 0.25) is 0 Å². The van der Waals surface area contributed by atoms with Gasteiger partial charge in [0.25, 0.3) is 5.91 Å². The van der Waals surface area contributed by atoms with E-state index in [-0.39, 0.29) is 29.5 Å². The average molecular weight is 448 g/mol. The molecule has 2 N–H and O–H groups in total. The first kappa shape index (κ1) is 22.7. The number of anilines is 1. The third-order valence-electron chi connectivity index (χ3n) is 6.77. The lowest BCUT2D eigenvalue weighted by Crippen LogP contribution is -2.59. The van der Waals surface area contributed by atoms with Gasteiger partial charge in [-0.25, -0.2) is 4.39 Å². The minimum Gasteiger partial charge on any atom is -0.455 e. The molecule has 1 aromatic carbocycles. The zero-order chi connectivity index (χ0) is 22.6. The van der Waals surface area contributed by atoms with E-state index in [0.29, 0.717) is 25.3 Å². The number of hydrogen-bond donors (Lipinski definition) is 2. The van der Waals surface area contributed by atoms with Crippen LogP contribution < -0.4 is 10.6 Å². The van der Waals surface area contributed by atoms with Crippen LogP contribution in [0, 0.1) is 5.82 Å². The molecule has 3 aliphatic rings. The maximum Gasteiger partial charge on any atom is 0.314 e. The SMILES string of the molecule is O=C(COC(=O)C1CC(=O)Nc2cc(F)ccc21)NCC1(N2CCOCC2)CCCCC1. The second-order valence-electron chi connectivity index (χ2n) is 8.81. The molecule has 174 valence electrons. The predicted molar refractivity (Wildman–Crippen MR) is 115 cm³/mol. The van der Waals surface area contributed by atoms with Gasteiger partial charge in [-0.2, -0.15) is 0 Å². The number of morpholine rings is 1. The van der Waals surface area contributed by atoms with Crippen molar-refractivity contribution in [2.75, 3.05) is 44.8 Å². The lowest BCUT2D eigenvalue weighted by Gasteiger charge is -2.48. The van der Waals surface area contributed by atoms with Crippen molar-refractivity contribution in [3.63, 3.8) is 0 Å². The molecule has 0 radical (unpaired) electrons. The fraction of sp³-hybridized carbons (Fsp3) is 0.609. The molecule has 1 aliphatic carbocycles. The highest BCUT2D eigenvalue weighted by Crippen LogP contribution is 2.35. The minimum atomic E-state index is -0.856. The number of carbonyl (C=O) groups excluding carboxylic acids is 3. The minimum absolute atomic E-state index is 0.0772. The quantitative estimate of drug-likeness (QED) is 0.647. The Morgan fingerprint density at radius 1 is 1.22 bits per heavy atom. The molecule has 1 aromatic rings. The van der Waals surface area contributed by atoms with Crippen LogP contribution in [0.5, 0.6) is 0 Å². The van der Waals surface area contributed by atoms with Crippen LogP contribution >= 0.6 is 0 Å². The van der Waals surface area contributed by atoms with Crippen LogP contribution in [0.15, 0.2) is 18.2 Å². The molecule has 0 spiro atoms. The first-order chi connectivity index (χ1) is 15.5. The summed E-state index contributed by atoms with van der Waals surface area (Å²) >= 11 is 0. The first-order valence-electron chi connectivity index (χ1n) is 11.3. The van der Waals surface area contributed by atoms with Gasteiger partial charge in [0.1, 0.15) is 5.82 Å². The van der Waals surface area contributed by atoms with Crippen LogP contribution in [-0.2, 0) is 23.9 Å². The van der Waals surface area contributed by atoms with Gasteiger partial charge in [-0.15, -0.1) is 0 Å². The van der Waals surface area contributed by atoms with Gasteiger partial charge in [0.15, 0.2) is 6.61 Å². The van der Waals surface area contributed by atoms with Gasteiger partial charge >= 0.3 is 5.97 Å². The van der Waals surface area contributed by atoms with Crippen molar-refractivity contribution in [1.29, 1.82) is 0 Å². The average Bonchev–Trinajstić information content (AvgIpc) is 2.81. The summed E-state index contributed by atoms with van der Waals surface area (Å²) in [4.78, 5) is 39.5. The Morgan fingerprint density at radius 3 is 2.72 bits per heavy atom. The zero-order valence-electron chi connectivity index (χ0n) is 18.2. The summed E-state index contributed by atoms with van der Waals surface area (Å²) in [7, 11) is 0. The number of benzene rings is 1. The van der Waals surface area contributed by atoms with Crippen molar-refractivity contribution < 1.29 is 28.2 Å². The number of hydrogen-bond acceptors (Lipinski definition) is 6. The molecule has 1 saturated heterocycles. The summed E-state index contributed by atoms with van der Waals surface area (Å²) < 4.78 is 24.2. The first-order valence-corrected chi connectivity index (χ1v) is 11.3. The number of carbonyl (C=O) groups is 3. The van der Waals surface area contributed by atoms with Crippen molar-refractivity contribution in [3.8, 4) is 0 Å². The van der Waals surface area contributed by atoms with E-state index in [1.54, 1.807) is 0 Å². The van der Waals surface area contributed by atoms with Crippen LogP contribution in [0.25, 0.3) is 0 Å². The molecule has 2 fully saturated rings. The van der Waals surface area contributed by atoms with Crippen LogP contribution in [0.4, 0.5) is 10.1 Å². The molecular formula is C23H30FN3O5. The van der Waals surface area contributed by atoms with Crippen LogP contribution in [0.1, 0.15) is 50.0 Å². The highest BCUT2D eigenvalue weighted by Gasteiger charge is 2.39. The van der Waals surface area contributed by atoms with Crippen molar-refractivity contribution in [2.45, 2.75) is 50.0 Å². The van der Waals surface area contributed by atoms with E-state index in [1.165, 1.54) is 24.6 Å². The monoisotopic (exact) mass is 447 g/mol. The highest BCUT2D eigenvalue weighted by atomic mass is 19.1. The normalized spacial score (nSPS) is 23.0. The fourth-order valence-corrected chi connectivity index (χ4v) is 5.05. The van der Waals surface area contributed by atoms with Crippen LogP contribution in [0.3, 0.4) is 0 Å². The molecular weight excluding hydrogens is 417 g/mol. The molecule has 1 saturated carbocycles. The number of nitrogens with zero attached hydrogens (tertiary/aromatic N) is 1. The molecule has 2 heterocycles. The summed E-state index contributed by atoms with van der Waals surface area (Å²) in [6.07, 6.45) is 5.42. The molecule has 2 aliphatic heterocycles.